The number of benzene rings is 2. The van der Waals surface area contributed by atoms with Crippen molar-refractivity contribution in [1.29, 1.82) is 0 Å². The van der Waals surface area contributed by atoms with E-state index in [9.17, 15) is 4.79 Å². The van der Waals surface area contributed by atoms with Gasteiger partial charge in [-0.25, -0.2) is 4.79 Å². The summed E-state index contributed by atoms with van der Waals surface area (Å²) in [6.45, 7) is 3.37. The van der Waals surface area contributed by atoms with E-state index in [2.05, 4.69) is 0 Å². The monoisotopic (exact) mass is 334 g/mol. The molecule has 0 spiro atoms. The minimum atomic E-state index is -0.995. The molecule has 1 unspecified atom stereocenters. The highest BCUT2D eigenvalue weighted by molar-refractivity contribution is 6.30. The highest BCUT2D eigenvalue weighted by Crippen LogP contribution is 2.19. The smallest absolute Gasteiger partial charge is 0.339 e. The molecule has 0 bridgehead atoms. The maximum absolute atomic E-state index is 11.1. The Labute approximate surface area is 140 Å². The molecule has 122 valence electrons. The first kappa shape index (κ1) is 17.3. The normalized spacial score (nSPS) is 11.9. The molecule has 0 saturated heterocycles. The molecule has 0 heterocycles. The van der Waals surface area contributed by atoms with Crippen molar-refractivity contribution in [3.63, 3.8) is 0 Å². The molecule has 0 radical (unpaired) electrons. The van der Waals surface area contributed by atoms with E-state index in [0.29, 0.717) is 30.6 Å². The van der Waals surface area contributed by atoms with E-state index >= 15 is 0 Å². The van der Waals surface area contributed by atoms with E-state index < -0.39 is 5.97 Å². The second-order valence-electron chi connectivity index (χ2n) is 5.36. The Morgan fingerprint density at radius 2 is 1.96 bits per heavy atom. The van der Waals surface area contributed by atoms with Crippen LogP contribution in [0.25, 0.3) is 0 Å². The van der Waals surface area contributed by atoms with Gasteiger partial charge in [-0.05, 0) is 29.8 Å². The number of rotatable bonds is 8. The van der Waals surface area contributed by atoms with Gasteiger partial charge in [0.15, 0.2) is 0 Å². The zero-order valence-corrected chi connectivity index (χ0v) is 13.6. The molecule has 0 amide bonds. The van der Waals surface area contributed by atoms with Crippen LogP contribution in [-0.4, -0.2) is 24.3 Å². The van der Waals surface area contributed by atoms with Crippen LogP contribution in [0.2, 0.25) is 5.02 Å². The summed E-state index contributed by atoms with van der Waals surface area (Å²) in [5.74, 6) is -0.483. The minimum absolute atomic E-state index is 0.135. The van der Waals surface area contributed by atoms with E-state index in [1.54, 1.807) is 18.2 Å². The molecule has 2 rings (SSSR count). The molecule has 0 aromatic heterocycles. The second-order valence-corrected chi connectivity index (χ2v) is 5.80. The lowest BCUT2D eigenvalue weighted by molar-refractivity contribution is 0.0673. The zero-order chi connectivity index (χ0) is 16.7. The summed E-state index contributed by atoms with van der Waals surface area (Å²) in [6.07, 6.45) is 0. The summed E-state index contributed by atoms with van der Waals surface area (Å²) in [6, 6.07) is 14.1. The molecule has 1 N–H and O–H groups in total. The summed E-state index contributed by atoms with van der Waals surface area (Å²) >= 11 is 5.92. The lowest BCUT2D eigenvalue weighted by Gasteiger charge is -2.15. The van der Waals surface area contributed by atoms with Gasteiger partial charge in [0.2, 0.25) is 0 Å². The van der Waals surface area contributed by atoms with E-state index in [1.807, 2.05) is 31.2 Å². The van der Waals surface area contributed by atoms with Crippen molar-refractivity contribution in [3.8, 4) is 5.75 Å². The van der Waals surface area contributed by atoms with Gasteiger partial charge in [0.1, 0.15) is 11.3 Å². The molecule has 5 heteroatoms. The Morgan fingerprint density at radius 3 is 2.70 bits per heavy atom. The number of hydrogen-bond acceptors (Lipinski definition) is 3. The van der Waals surface area contributed by atoms with Crippen molar-refractivity contribution >= 4 is 17.6 Å². The number of carboxylic acid groups (broad SMARTS) is 1. The number of halogens is 1. The summed E-state index contributed by atoms with van der Waals surface area (Å²) in [5, 5.41) is 9.79. The first-order chi connectivity index (χ1) is 11.1. The molecule has 2 aromatic carbocycles. The second kappa shape index (κ2) is 8.56. The number of hydrogen-bond donors (Lipinski definition) is 1. The Hall–Kier alpha value is -2.04. The summed E-state index contributed by atoms with van der Waals surface area (Å²) in [7, 11) is 0. The molecular weight excluding hydrogens is 316 g/mol. The average molecular weight is 335 g/mol. The van der Waals surface area contributed by atoms with Gasteiger partial charge in [0, 0.05) is 10.9 Å². The molecule has 0 aliphatic carbocycles. The Kier molecular flexibility index (Phi) is 6.44. The third-order valence-electron chi connectivity index (χ3n) is 3.20. The summed E-state index contributed by atoms with van der Waals surface area (Å²) in [4.78, 5) is 11.1. The standard InChI is InChI=1S/C18H19ClO4/c1-13(10-22-12-14-5-4-6-15(19)9-14)11-23-17-8-3-2-7-16(17)18(20)21/h2-9,13H,10-12H2,1H3,(H,20,21). The Bertz CT molecular complexity index is 657. The molecule has 0 saturated carbocycles. The fourth-order valence-electron chi connectivity index (χ4n) is 2.05. The predicted octanol–water partition coefficient (Wildman–Crippen LogP) is 4.27. The first-order valence-electron chi connectivity index (χ1n) is 7.33. The summed E-state index contributed by atoms with van der Waals surface area (Å²) in [5.41, 5.74) is 1.18. The van der Waals surface area contributed by atoms with Gasteiger partial charge >= 0.3 is 5.97 Å². The molecule has 4 nitrogen and oxygen atoms in total. The molecule has 2 aromatic rings. The predicted molar refractivity (Wildman–Crippen MR) is 89.2 cm³/mol. The van der Waals surface area contributed by atoms with Crippen molar-refractivity contribution in [2.75, 3.05) is 13.2 Å². The minimum Gasteiger partial charge on any atom is -0.492 e. The van der Waals surface area contributed by atoms with Gasteiger partial charge in [-0.2, -0.15) is 0 Å². The lowest BCUT2D eigenvalue weighted by atomic mass is 10.2. The van der Waals surface area contributed by atoms with Gasteiger partial charge in [-0.15, -0.1) is 0 Å². The number of para-hydroxylation sites is 1. The Morgan fingerprint density at radius 1 is 1.17 bits per heavy atom. The number of aromatic carboxylic acids is 1. The van der Waals surface area contributed by atoms with E-state index in [4.69, 9.17) is 26.2 Å². The van der Waals surface area contributed by atoms with Crippen molar-refractivity contribution in [3.05, 3.63) is 64.7 Å². The number of ether oxygens (including phenoxy) is 2. The van der Waals surface area contributed by atoms with Crippen LogP contribution in [0.15, 0.2) is 48.5 Å². The third kappa shape index (κ3) is 5.58. The van der Waals surface area contributed by atoms with Crippen LogP contribution < -0.4 is 4.74 Å². The number of carboxylic acids is 1. The topological polar surface area (TPSA) is 55.8 Å². The quantitative estimate of drug-likeness (QED) is 0.783. The van der Waals surface area contributed by atoms with Gasteiger partial charge in [-0.1, -0.05) is 42.8 Å². The highest BCUT2D eigenvalue weighted by atomic mass is 35.5. The van der Waals surface area contributed by atoms with Crippen molar-refractivity contribution < 1.29 is 19.4 Å². The van der Waals surface area contributed by atoms with Gasteiger partial charge in [-0.3, -0.25) is 0 Å². The Balaban J connectivity index is 1.77. The van der Waals surface area contributed by atoms with Gasteiger partial charge in [0.05, 0.1) is 19.8 Å². The molecule has 23 heavy (non-hydrogen) atoms. The maximum atomic E-state index is 11.1. The molecule has 0 aliphatic heterocycles. The van der Waals surface area contributed by atoms with Crippen LogP contribution in [0.1, 0.15) is 22.8 Å². The molecule has 0 fully saturated rings. The van der Waals surface area contributed by atoms with Gasteiger partial charge in [0.25, 0.3) is 0 Å². The molecular formula is C18H19ClO4. The molecule has 1 atom stereocenters. The van der Waals surface area contributed by atoms with Crippen LogP contribution in [0.5, 0.6) is 5.75 Å². The van der Waals surface area contributed by atoms with Gasteiger partial charge < -0.3 is 14.6 Å². The van der Waals surface area contributed by atoms with Crippen LogP contribution in [0.4, 0.5) is 0 Å². The van der Waals surface area contributed by atoms with E-state index in [-0.39, 0.29) is 11.5 Å². The molecule has 0 aliphatic rings. The average Bonchev–Trinajstić information content (AvgIpc) is 2.53. The van der Waals surface area contributed by atoms with E-state index in [0.717, 1.165) is 5.56 Å². The third-order valence-corrected chi connectivity index (χ3v) is 3.44. The largest absolute Gasteiger partial charge is 0.492 e. The van der Waals surface area contributed by atoms with E-state index in [1.165, 1.54) is 6.07 Å². The maximum Gasteiger partial charge on any atom is 0.339 e. The zero-order valence-electron chi connectivity index (χ0n) is 12.9. The van der Waals surface area contributed by atoms with Crippen LogP contribution in [-0.2, 0) is 11.3 Å². The van der Waals surface area contributed by atoms with Crippen molar-refractivity contribution in [2.45, 2.75) is 13.5 Å². The summed E-state index contributed by atoms with van der Waals surface area (Å²) < 4.78 is 11.2. The fourth-order valence-corrected chi connectivity index (χ4v) is 2.27. The van der Waals surface area contributed by atoms with Crippen LogP contribution in [0, 0.1) is 5.92 Å². The first-order valence-corrected chi connectivity index (χ1v) is 7.71. The fraction of sp³-hybridized carbons (Fsp3) is 0.278. The highest BCUT2D eigenvalue weighted by Gasteiger charge is 2.11. The van der Waals surface area contributed by atoms with Crippen molar-refractivity contribution in [1.82, 2.24) is 0 Å². The number of carbonyl (C=O) groups is 1. The lowest BCUT2D eigenvalue weighted by Crippen LogP contribution is -2.16. The van der Waals surface area contributed by atoms with Crippen molar-refractivity contribution in [2.24, 2.45) is 5.92 Å². The van der Waals surface area contributed by atoms with Crippen LogP contribution in [0.3, 0.4) is 0 Å². The van der Waals surface area contributed by atoms with Crippen LogP contribution >= 0.6 is 11.6 Å². The SMILES string of the molecule is CC(COCc1cccc(Cl)c1)COc1ccccc1C(=O)O.